The van der Waals surface area contributed by atoms with Gasteiger partial charge in [0.1, 0.15) is 6.33 Å². The van der Waals surface area contributed by atoms with E-state index in [0.717, 1.165) is 4.68 Å². The maximum atomic E-state index is 12.9. The van der Waals surface area contributed by atoms with Gasteiger partial charge >= 0.3 is 0 Å². The number of sulfone groups is 1. The molecule has 8 nitrogen and oxygen atoms in total. The first-order chi connectivity index (χ1) is 13.3. The number of nitrogens with one attached hydrogen (secondary N) is 1. The number of ether oxygens (including phenoxy) is 2. The van der Waals surface area contributed by atoms with Gasteiger partial charge in [0.15, 0.2) is 21.3 Å². The van der Waals surface area contributed by atoms with Gasteiger partial charge in [-0.1, -0.05) is 18.5 Å². The van der Waals surface area contributed by atoms with Crippen LogP contribution in [-0.2, 0) is 9.84 Å². The van der Waals surface area contributed by atoms with E-state index in [1.54, 1.807) is 6.07 Å². The summed E-state index contributed by atoms with van der Waals surface area (Å²) in [7, 11) is -0.584. The van der Waals surface area contributed by atoms with E-state index in [4.69, 9.17) is 21.1 Å². The van der Waals surface area contributed by atoms with E-state index < -0.39 is 15.4 Å². The van der Waals surface area contributed by atoms with Crippen LogP contribution in [0.3, 0.4) is 0 Å². The first kappa shape index (κ1) is 20.0. The van der Waals surface area contributed by atoms with Crippen molar-refractivity contribution in [1.29, 1.82) is 0 Å². The van der Waals surface area contributed by atoms with Gasteiger partial charge in [0, 0.05) is 11.1 Å². The van der Waals surface area contributed by atoms with Gasteiger partial charge in [-0.15, -0.1) is 0 Å². The van der Waals surface area contributed by atoms with Gasteiger partial charge in [-0.05, 0) is 24.3 Å². The van der Waals surface area contributed by atoms with Crippen LogP contribution in [-0.4, -0.2) is 38.1 Å². The van der Waals surface area contributed by atoms with Crippen LogP contribution in [0.1, 0.15) is 6.92 Å². The number of hydrogen-bond acceptors (Lipinski definition) is 7. The lowest BCUT2D eigenvalue weighted by atomic mass is 10.2. The van der Waals surface area contributed by atoms with Crippen LogP contribution >= 0.6 is 11.6 Å². The Balaban J connectivity index is 2.15. The SMILES string of the molecule is CCS(=O)(=O)c1ccc(Cl)cc1Nn1cnc2cc(OC)c(OC)cc2c1=O. The number of anilines is 1. The molecule has 0 amide bonds. The van der Waals surface area contributed by atoms with Crippen LogP contribution in [0, 0.1) is 0 Å². The van der Waals surface area contributed by atoms with Crippen molar-refractivity contribution in [3.8, 4) is 11.5 Å². The van der Waals surface area contributed by atoms with Crippen molar-refractivity contribution in [3.05, 3.63) is 52.0 Å². The Morgan fingerprint density at radius 1 is 1.14 bits per heavy atom. The number of aromatic nitrogens is 2. The highest BCUT2D eigenvalue weighted by molar-refractivity contribution is 7.91. The van der Waals surface area contributed by atoms with Gasteiger partial charge in [-0.25, -0.2) is 18.1 Å². The second-order valence-electron chi connectivity index (χ2n) is 5.80. The Bertz CT molecular complexity index is 1210. The molecule has 1 aromatic heterocycles. The number of hydrogen-bond donors (Lipinski definition) is 1. The maximum Gasteiger partial charge on any atom is 0.280 e. The average molecular weight is 424 g/mol. The summed E-state index contributed by atoms with van der Waals surface area (Å²) in [6, 6.07) is 7.43. The van der Waals surface area contributed by atoms with Gasteiger partial charge < -0.3 is 9.47 Å². The lowest BCUT2D eigenvalue weighted by Gasteiger charge is -2.15. The molecule has 10 heteroatoms. The molecule has 0 fully saturated rings. The predicted octanol–water partition coefficient (Wildman–Crippen LogP) is 2.74. The fraction of sp³-hybridized carbons (Fsp3) is 0.222. The van der Waals surface area contributed by atoms with E-state index in [0.29, 0.717) is 22.0 Å². The van der Waals surface area contributed by atoms with Crippen molar-refractivity contribution in [1.82, 2.24) is 9.66 Å². The van der Waals surface area contributed by atoms with E-state index in [1.807, 2.05) is 0 Å². The molecule has 0 atom stereocenters. The highest BCUT2D eigenvalue weighted by Crippen LogP contribution is 2.30. The second kappa shape index (κ2) is 7.69. The Kier molecular flexibility index (Phi) is 5.48. The van der Waals surface area contributed by atoms with Gasteiger partial charge in [0.2, 0.25) is 0 Å². The Morgan fingerprint density at radius 3 is 2.46 bits per heavy atom. The first-order valence-corrected chi connectivity index (χ1v) is 10.3. The largest absolute Gasteiger partial charge is 0.493 e. The summed E-state index contributed by atoms with van der Waals surface area (Å²) in [5.74, 6) is 0.730. The summed E-state index contributed by atoms with van der Waals surface area (Å²) in [6.45, 7) is 1.54. The highest BCUT2D eigenvalue weighted by atomic mass is 35.5. The Hall–Kier alpha value is -2.78. The summed E-state index contributed by atoms with van der Waals surface area (Å²) >= 11 is 6.02. The fourth-order valence-corrected chi connectivity index (χ4v) is 3.87. The lowest BCUT2D eigenvalue weighted by molar-refractivity contribution is 0.355. The number of methoxy groups -OCH3 is 2. The molecule has 0 aliphatic carbocycles. The molecule has 28 heavy (non-hydrogen) atoms. The molecule has 0 radical (unpaired) electrons. The number of halogens is 1. The summed E-state index contributed by atoms with van der Waals surface area (Å²) in [4.78, 5) is 17.2. The van der Waals surface area contributed by atoms with E-state index >= 15 is 0 Å². The lowest BCUT2D eigenvalue weighted by Crippen LogP contribution is -2.27. The molecule has 0 aliphatic heterocycles. The molecule has 3 aromatic rings. The monoisotopic (exact) mass is 423 g/mol. The van der Waals surface area contributed by atoms with Crippen molar-refractivity contribution in [2.75, 3.05) is 25.4 Å². The zero-order valence-electron chi connectivity index (χ0n) is 15.4. The zero-order valence-corrected chi connectivity index (χ0v) is 17.0. The van der Waals surface area contributed by atoms with Crippen LogP contribution in [0.4, 0.5) is 5.69 Å². The van der Waals surface area contributed by atoms with Crippen molar-refractivity contribution >= 4 is 38.0 Å². The van der Waals surface area contributed by atoms with E-state index in [-0.39, 0.29) is 21.7 Å². The highest BCUT2D eigenvalue weighted by Gasteiger charge is 2.18. The summed E-state index contributed by atoms with van der Waals surface area (Å²) < 4.78 is 36.3. The molecule has 1 heterocycles. The summed E-state index contributed by atoms with van der Waals surface area (Å²) in [5, 5.41) is 0.598. The summed E-state index contributed by atoms with van der Waals surface area (Å²) in [6.07, 6.45) is 1.26. The minimum Gasteiger partial charge on any atom is -0.493 e. The zero-order chi connectivity index (χ0) is 20.5. The van der Waals surface area contributed by atoms with E-state index in [9.17, 15) is 13.2 Å². The molecular formula is C18H18ClN3O5S. The Labute approximate surface area is 166 Å². The Morgan fingerprint density at radius 2 is 1.82 bits per heavy atom. The van der Waals surface area contributed by atoms with Crippen LogP contribution < -0.4 is 20.5 Å². The normalized spacial score (nSPS) is 11.4. The van der Waals surface area contributed by atoms with E-state index in [1.165, 1.54) is 51.7 Å². The van der Waals surface area contributed by atoms with E-state index in [2.05, 4.69) is 10.4 Å². The molecule has 148 valence electrons. The number of fused-ring (bicyclic) bond motifs is 1. The molecule has 0 aliphatic rings. The second-order valence-corrected chi connectivity index (χ2v) is 8.48. The number of nitrogens with zero attached hydrogens (tertiary/aromatic N) is 2. The number of benzene rings is 2. The summed E-state index contributed by atoms with van der Waals surface area (Å²) in [5.41, 5.74) is 2.94. The van der Waals surface area contributed by atoms with Crippen LogP contribution in [0.5, 0.6) is 11.5 Å². The van der Waals surface area contributed by atoms with Crippen molar-refractivity contribution in [2.45, 2.75) is 11.8 Å². The molecule has 1 N–H and O–H groups in total. The first-order valence-electron chi connectivity index (χ1n) is 8.23. The molecule has 0 spiro atoms. The predicted molar refractivity (Wildman–Crippen MR) is 107 cm³/mol. The van der Waals surface area contributed by atoms with Crippen LogP contribution in [0.25, 0.3) is 10.9 Å². The fourth-order valence-electron chi connectivity index (χ4n) is 2.67. The molecule has 0 saturated carbocycles. The van der Waals surface area contributed by atoms with Crippen molar-refractivity contribution in [3.63, 3.8) is 0 Å². The topological polar surface area (TPSA) is 99.5 Å². The third kappa shape index (κ3) is 3.63. The quantitative estimate of drug-likeness (QED) is 0.650. The van der Waals surface area contributed by atoms with Crippen molar-refractivity contribution < 1.29 is 17.9 Å². The van der Waals surface area contributed by atoms with Gasteiger partial charge in [-0.3, -0.25) is 10.2 Å². The number of rotatable bonds is 6. The minimum atomic E-state index is -3.53. The van der Waals surface area contributed by atoms with Crippen LogP contribution in [0.2, 0.25) is 5.02 Å². The molecule has 0 bridgehead atoms. The molecule has 2 aromatic carbocycles. The van der Waals surface area contributed by atoms with Gasteiger partial charge in [-0.2, -0.15) is 0 Å². The third-order valence-corrected chi connectivity index (χ3v) is 6.18. The molecule has 3 rings (SSSR count). The molecule has 0 saturated heterocycles. The van der Waals surface area contributed by atoms with Crippen LogP contribution in [0.15, 0.2) is 46.3 Å². The maximum absolute atomic E-state index is 12.9. The van der Waals surface area contributed by atoms with Crippen molar-refractivity contribution in [2.24, 2.45) is 0 Å². The smallest absolute Gasteiger partial charge is 0.280 e. The minimum absolute atomic E-state index is 0.0405. The average Bonchev–Trinajstić information content (AvgIpc) is 2.69. The van der Waals surface area contributed by atoms with Gasteiger partial charge in [0.05, 0.1) is 41.5 Å². The van der Waals surface area contributed by atoms with Gasteiger partial charge in [0.25, 0.3) is 5.56 Å². The standard InChI is InChI=1S/C18H18ClN3O5S/c1-4-28(24,25)17-6-5-11(19)7-14(17)21-22-10-20-13-9-16(27-3)15(26-2)8-12(13)18(22)23/h5-10,21H,4H2,1-3H3. The molecular weight excluding hydrogens is 406 g/mol. The third-order valence-electron chi connectivity index (χ3n) is 4.16. The molecule has 0 unspecified atom stereocenters.